The molecule has 0 spiro atoms. The van der Waals surface area contributed by atoms with Gasteiger partial charge in [-0.3, -0.25) is 0 Å². The van der Waals surface area contributed by atoms with E-state index in [-0.39, 0.29) is 0 Å². The number of hydrogen-bond donors (Lipinski definition) is 1. The van der Waals surface area contributed by atoms with Crippen molar-refractivity contribution in [1.29, 1.82) is 0 Å². The second-order valence-corrected chi connectivity index (χ2v) is 3.01. The van der Waals surface area contributed by atoms with Crippen molar-refractivity contribution in [2.75, 3.05) is 11.9 Å². The molecule has 0 atom stereocenters. The van der Waals surface area contributed by atoms with Crippen LogP contribution in [0.1, 0.15) is 11.5 Å². The maximum atomic E-state index is 12.4. The summed E-state index contributed by atoms with van der Waals surface area (Å²) in [6.07, 6.45) is -1.01. The molecule has 0 aromatic carbocycles. The summed E-state index contributed by atoms with van der Waals surface area (Å²) in [5, 5.41) is 2.78. The number of anilines is 1. The van der Waals surface area contributed by atoms with E-state index < -0.39 is 12.0 Å². The molecule has 3 nitrogen and oxygen atoms in total. The van der Waals surface area contributed by atoms with Crippen LogP contribution in [0.2, 0.25) is 0 Å². The fourth-order valence-electron chi connectivity index (χ4n) is 1.41. The van der Waals surface area contributed by atoms with Gasteiger partial charge in [-0.2, -0.15) is 13.2 Å². The van der Waals surface area contributed by atoms with Crippen LogP contribution in [-0.2, 0) is 13.2 Å². The monoisotopic (exact) mass is 203 g/mol. The molecular weight excluding hydrogens is 195 g/mol. The molecule has 0 saturated heterocycles. The van der Waals surface area contributed by atoms with Gasteiger partial charge >= 0.3 is 6.18 Å². The summed E-state index contributed by atoms with van der Waals surface area (Å²) in [5.41, 5.74) is 0.462. The van der Waals surface area contributed by atoms with Gasteiger partial charge in [0, 0.05) is 13.6 Å². The number of halogens is 3. The average molecular weight is 203 g/mol. The maximum absolute atomic E-state index is 12.4. The quantitative estimate of drug-likeness (QED) is 0.697. The van der Waals surface area contributed by atoms with Crippen LogP contribution in [0.15, 0.2) is 6.08 Å². The van der Waals surface area contributed by atoms with E-state index in [9.17, 15) is 13.2 Å². The second kappa shape index (κ2) is 2.76. The van der Waals surface area contributed by atoms with Crippen LogP contribution in [-0.4, -0.2) is 16.1 Å². The number of hydrogen-bond acceptors (Lipinski definition) is 2. The highest BCUT2D eigenvalue weighted by atomic mass is 19.4. The van der Waals surface area contributed by atoms with Crippen molar-refractivity contribution < 1.29 is 13.2 Å². The van der Waals surface area contributed by atoms with Gasteiger partial charge in [0.25, 0.3) is 0 Å². The minimum absolute atomic E-state index is 0.294. The summed E-state index contributed by atoms with van der Waals surface area (Å²) >= 11 is 0. The standard InChI is InChI=1S/C8H8F3N3/c1-14-5-3-2-4-12-6(5)13-7(14)8(9,10)11/h2-3,12H,4H2,1H3. The number of rotatable bonds is 0. The van der Waals surface area contributed by atoms with E-state index in [0.29, 0.717) is 18.1 Å². The molecule has 1 aromatic heterocycles. The zero-order valence-electron chi connectivity index (χ0n) is 7.39. The molecule has 0 radical (unpaired) electrons. The largest absolute Gasteiger partial charge is 0.449 e. The maximum Gasteiger partial charge on any atom is 0.449 e. The smallest absolute Gasteiger partial charge is 0.365 e. The van der Waals surface area contributed by atoms with E-state index in [0.717, 1.165) is 4.57 Å². The topological polar surface area (TPSA) is 29.9 Å². The van der Waals surface area contributed by atoms with Gasteiger partial charge in [-0.25, -0.2) is 4.98 Å². The van der Waals surface area contributed by atoms with Crippen LogP contribution < -0.4 is 5.32 Å². The van der Waals surface area contributed by atoms with Crippen LogP contribution >= 0.6 is 0 Å². The summed E-state index contributed by atoms with van der Waals surface area (Å²) in [5.74, 6) is -0.580. The summed E-state index contributed by atoms with van der Waals surface area (Å²) in [6, 6.07) is 0. The highest BCUT2D eigenvalue weighted by Crippen LogP contribution is 2.32. The molecule has 0 aliphatic carbocycles. The predicted octanol–water partition coefficient (Wildman–Crippen LogP) is 1.88. The molecule has 6 heteroatoms. The number of alkyl halides is 3. The molecule has 1 N–H and O–H groups in total. The van der Waals surface area contributed by atoms with Gasteiger partial charge in [-0.15, -0.1) is 0 Å². The highest BCUT2D eigenvalue weighted by Gasteiger charge is 2.37. The molecule has 0 saturated carbocycles. The molecule has 2 rings (SSSR count). The lowest BCUT2D eigenvalue weighted by Gasteiger charge is -2.08. The number of nitrogens with zero attached hydrogens (tertiary/aromatic N) is 2. The van der Waals surface area contributed by atoms with Gasteiger partial charge in [-0.05, 0) is 6.08 Å². The number of nitrogens with one attached hydrogen (secondary N) is 1. The first-order valence-electron chi connectivity index (χ1n) is 4.04. The van der Waals surface area contributed by atoms with Gasteiger partial charge in [-0.1, -0.05) is 6.08 Å². The Bertz CT molecular complexity index is 389. The summed E-state index contributed by atoms with van der Waals surface area (Å²) in [6.45, 7) is 0.515. The molecule has 0 amide bonds. The fourth-order valence-corrected chi connectivity index (χ4v) is 1.41. The van der Waals surface area contributed by atoms with Crippen molar-refractivity contribution in [2.45, 2.75) is 6.18 Å². The van der Waals surface area contributed by atoms with Gasteiger partial charge in [0.05, 0.1) is 5.69 Å². The molecule has 76 valence electrons. The van der Waals surface area contributed by atoms with Gasteiger partial charge in [0.1, 0.15) is 0 Å². The molecule has 1 aliphatic heterocycles. The molecule has 0 unspecified atom stereocenters. The Hall–Kier alpha value is -1.46. The van der Waals surface area contributed by atoms with E-state index in [4.69, 9.17) is 0 Å². The minimum atomic E-state index is -4.40. The third-order valence-corrected chi connectivity index (χ3v) is 2.06. The predicted molar refractivity (Wildman–Crippen MR) is 45.7 cm³/mol. The molecule has 2 heterocycles. The zero-order chi connectivity index (χ0) is 10.3. The molecule has 0 bridgehead atoms. The lowest BCUT2D eigenvalue weighted by molar-refractivity contribution is -0.146. The molecule has 1 aliphatic rings. The van der Waals surface area contributed by atoms with Crippen molar-refractivity contribution in [1.82, 2.24) is 9.55 Å². The second-order valence-electron chi connectivity index (χ2n) is 3.01. The number of aromatic nitrogens is 2. The third-order valence-electron chi connectivity index (χ3n) is 2.06. The van der Waals surface area contributed by atoms with E-state index >= 15 is 0 Å². The summed E-state index contributed by atoms with van der Waals surface area (Å²) < 4.78 is 38.2. The Morgan fingerprint density at radius 3 is 2.79 bits per heavy atom. The van der Waals surface area contributed by atoms with Crippen molar-refractivity contribution in [3.63, 3.8) is 0 Å². The number of fused-ring (bicyclic) bond motifs is 1. The van der Waals surface area contributed by atoms with Gasteiger partial charge < -0.3 is 9.88 Å². The first-order valence-corrected chi connectivity index (χ1v) is 4.04. The van der Waals surface area contributed by atoms with Crippen LogP contribution in [0.3, 0.4) is 0 Å². The normalized spacial score (nSPS) is 15.1. The number of imidazole rings is 1. The minimum Gasteiger partial charge on any atom is -0.365 e. The van der Waals surface area contributed by atoms with E-state index in [2.05, 4.69) is 10.3 Å². The van der Waals surface area contributed by atoms with Crippen LogP contribution in [0.5, 0.6) is 0 Å². The highest BCUT2D eigenvalue weighted by molar-refractivity contribution is 5.64. The van der Waals surface area contributed by atoms with Crippen molar-refractivity contribution in [3.05, 3.63) is 17.6 Å². The van der Waals surface area contributed by atoms with Crippen LogP contribution in [0.25, 0.3) is 6.08 Å². The Labute approximate surface area is 78.2 Å². The first-order chi connectivity index (χ1) is 6.50. The average Bonchev–Trinajstić information content (AvgIpc) is 2.44. The van der Waals surface area contributed by atoms with Crippen LogP contribution in [0.4, 0.5) is 19.0 Å². The van der Waals surface area contributed by atoms with Crippen LogP contribution in [0, 0.1) is 0 Å². The van der Waals surface area contributed by atoms with Crippen molar-refractivity contribution >= 4 is 11.9 Å². The summed E-state index contributed by atoms with van der Waals surface area (Å²) in [4.78, 5) is 3.50. The molecule has 1 aromatic rings. The Kier molecular flexibility index (Phi) is 1.80. The third kappa shape index (κ3) is 1.26. The SMILES string of the molecule is Cn1c(C(F)(F)F)nc2c1C=CCN2. The fraction of sp³-hybridized carbons (Fsp3) is 0.375. The van der Waals surface area contributed by atoms with Crippen molar-refractivity contribution in [2.24, 2.45) is 7.05 Å². The van der Waals surface area contributed by atoms with Gasteiger partial charge in [0.15, 0.2) is 5.82 Å². The van der Waals surface area contributed by atoms with E-state index in [1.807, 2.05) is 0 Å². The van der Waals surface area contributed by atoms with E-state index in [1.54, 1.807) is 12.2 Å². The van der Waals surface area contributed by atoms with Gasteiger partial charge in [0.2, 0.25) is 5.82 Å². The van der Waals surface area contributed by atoms with Crippen molar-refractivity contribution in [3.8, 4) is 0 Å². The Morgan fingerprint density at radius 1 is 1.50 bits per heavy atom. The molecule has 0 fully saturated rings. The first kappa shape index (κ1) is 9.11. The Balaban J connectivity index is 2.56. The van der Waals surface area contributed by atoms with E-state index in [1.165, 1.54) is 7.05 Å². The molecule has 14 heavy (non-hydrogen) atoms. The summed E-state index contributed by atoms with van der Waals surface area (Å²) in [7, 11) is 1.35. The lowest BCUT2D eigenvalue weighted by Crippen LogP contribution is -2.13. The Morgan fingerprint density at radius 2 is 2.21 bits per heavy atom. The molecular formula is C8H8F3N3. The zero-order valence-corrected chi connectivity index (χ0v) is 7.39. The lowest BCUT2D eigenvalue weighted by atomic mass is 10.3.